The molecule has 3 rings (SSSR count). The molecule has 1 saturated carbocycles. The second-order valence-corrected chi connectivity index (χ2v) is 9.01. The normalized spacial score (nSPS) is 24.7. The number of carbonyl (C=O) groups is 2. The number of hydrogen-bond acceptors (Lipinski definition) is 4. The van der Waals surface area contributed by atoms with Crippen molar-refractivity contribution in [3.05, 3.63) is 23.8 Å². The fourth-order valence-corrected chi connectivity index (χ4v) is 4.70. The summed E-state index contributed by atoms with van der Waals surface area (Å²) >= 11 is 0. The van der Waals surface area contributed by atoms with Crippen molar-refractivity contribution in [3.8, 4) is 0 Å². The minimum absolute atomic E-state index is 0.0286. The number of benzene rings is 1. The largest absolute Gasteiger partial charge is 0.370 e. The molecule has 1 heterocycles. The predicted octanol–water partition coefficient (Wildman–Crippen LogP) is 3.80. The SMILES string of the molecule is CC1CCC(C(C)C)C(OCC(=O)Nc2cc(C(N)=O)ccc2N2CCCC2)C1. The van der Waals surface area contributed by atoms with Crippen LogP contribution in [-0.4, -0.2) is 37.6 Å². The molecular weight excluding hydrogens is 366 g/mol. The minimum atomic E-state index is -0.499. The lowest BCUT2D eigenvalue weighted by Crippen LogP contribution is -2.36. The van der Waals surface area contributed by atoms with Gasteiger partial charge in [0.15, 0.2) is 0 Å². The number of anilines is 2. The topological polar surface area (TPSA) is 84.7 Å². The van der Waals surface area contributed by atoms with Gasteiger partial charge in [0, 0.05) is 18.7 Å². The molecule has 1 aliphatic heterocycles. The van der Waals surface area contributed by atoms with Gasteiger partial charge in [-0.2, -0.15) is 0 Å². The molecule has 160 valence electrons. The summed E-state index contributed by atoms with van der Waals surface area (Å²) in [4.78, 5) is 26.5. The number of primary amides is 1. The van der Waals surface area contributed by atoms with Crippen LogP contribution in [0.2, 0.25) is 0 Å². The van der Waals surface area contributed by atoms with Gasteiger partial charge in [-0.15, -0.1) is 0 Å². The number of nitrogens with zero attached hydrogens (tertiary/aromatic N) is 1. The zero-order valence-electron chi connectivity index (χ0n) is 17.9. The van der Waals surface area contributed by atoms with Crippen LogP contribution in [0.5, 0.6) is 0 Å². The Bertz CT molecular complexity index is 728. The Morgan fingerprint density at radius 1 is 1.24 bits per heavy atom. The highest BCUT2D eigenvalue weighted by molar-refractivity contribution is 5.99. The van der Waals surface area contributed by atoms with Crippen molar-refractivity contribution in [2.24, 2.45) is 23.5 Å². The number of carbonyl (C=O) groups excluding carboxylic acids is 2. The second kappa shape index (κ2) is 9.61. The highest BCUT2D eigenvalue weighted by Gasteiger charge is 2.31. The van der Waals surface area contributed by atoms with Crippen molar-refractivity contribution in [2.75, 3.05) is 29.9 Å². The van der Waals surface area contributed by atoms with Gasteiger partial charge in [0.2, 0.25) is 11.8 Å². The summed E-state index contributed by atoms with van der Waals surface area (Å²) in [5, 5.41) is 2.96. The lowest BCUT2D eigenvalue weighted by molar-refractivity contribution is -0.126. The molecule has 3 atom stereocenters. The van der Waals surface area contributed by atoms with Gasteiger partial charge >= 0.3 is 0 Å². The third-order valence-electron chi connectivity index (χ3n) is 6.39. The molecule has 2 amide bonds. The van der Waals surface area contributed by atoms with Crippen molar-refractivity contribution in [1.29, 1.82) is 0 Å². The van der Waals surface area contributed by atoms with Gasteiger partial charge < -0.3 is 20.7 Å². The molecule has 0 radical (unpaired) electrons. The summed E-state index contributed by atoms with van der Waals surface area (Å²) in [6, 6.07) is 5.27. The van der Waals surface area contributed by atoms with Gasteiger partial charge in [-0.05, 0) is 61.6 Å². The molecule has 6 nitrogen and oxygen atoms in total. The quantitative estimate of drug-likeness (QED) is 0.728. The minimum Gasteiger partial charge on any atom is -0.370 e. The van der Waals surface area contributed by atoms with E-state index < -0.39 is 5.91 Å². The summed E-state index contributed by atoms with van der Waals surface area (Å²) in [5.41, 5.74) is 7.40. The Balaban J connectivity index is 1.67. The molecule has 3 unspecified atom stereocenters. The Hall–Kier alpha value is -2.08. The summed E-state index contributed by atoms with van der Waals surface area (Å²) in [5.74, 6) is 0.988. The number of amides is 2. The highest BCUT2D eigenvalue weighted by Crippen LogP contribution is 2.35. The maximum absolute atomic E-state index is 12.7. The fourth-order valence-electron chi connectivity index (χ4n) is 4.70. The first-order chi connectivity index (χ1) is 13.8. The Kier molecular flexibility index (Phi) is 7.17. The monoisotopic (exact) mass is 401 g/mol. The van der Waals surface area contributed by atoms with E-state index in [4.69, 9.17) is 10.5 Å². The molecule has 3 N–H and O–H groups in total. The Labute approximate surface area is 174 Å². The molecule has 1 aromatic carbocycles. The number of nitrogens with two attached hydrogens (primary N) is 1. The lowest BCUT2D eigenvalue weighted by atomic mass is 9.75. The van der Waals surface area contributed by atoms with Crippen molar-refractivity contribution >= 4 is 23.2 Å². The number of nitrogens with one attached hydrogen (secondary N) is 1. The van der Waals surface area contributed by atoms with E-state index in [0.29, 0.717) is 29.0 Å². The van der Waals surface area contributed by atoms with Gasteiger partial charge in [0.05, 0.1) is 17.5 Å². The molecule has 6 heteroatoms. The van der Waals surface area contributed by atoms with Gasteiger partial charge in [-0.3, -0.25) is 9.59 Å². The van der Waals surface area contributed by atoms with Crippen molar-refractivity contribution < 1.29 is 14.3 Å². The molecule has 0 bridgehead atoms. The molecule has 2 aliphatic rings. The number of rotatable bonds is 7. The van der Waals surface area contributed by atoms with E-state index >= 15 is 0 Å². The average Bonchev–Trinajstić information content (AvgIpc) is 3.20. The zero-order valence-corrected chi connectivity index (χ0v) is 17.9. The maximum Gasteiger partial charge on any atom is 0.250 e. The van der Waals surface area contributed by atoms with Gasteiger partial charge in [-0.1, -0.05) is 27.2 Å². The van der Waals surface area contributed by atoms with Crippen LogP contribution in [0.25, 0.3) is 0 Å². The molecule has 1 saturated heterocycles. The predicted molar refractivity (Wildman–Crippen MR) is 116 cm³/mol. The van der Waals surface area contributed by atoms with Crippen LogP contribution < -0.4 is 16.0 Å². The highest BCUT2D eigenvalue weighted by atomic mass is 16.5. The van der Waals surface area contributed by atoms with E-state index in [1.54, 1.807) is 12.1 Å². The molecule has 1 aliphatic carbocycles. The number of hydrogen-bond donors (Lipinski definition) is 2. The van der Waals surface area contributed by atoms with Crippen LogP contribution in [0, 0.1) is 17.8 Å². The van der Waals surface area contributed by atoms with Gasteiger partial charge in [-0.25, -0.2) is 0 Å². The van der Waals surface area contributed by atoms with Crippen molar-refractivity contribution in [1.82, 2.24) is 0 Å². The average molecular weight is 402 g/mol. The van der Waals surface area contributed by atoms with E-state index in [2.05, 4.69) is 31.0 Å². The lowest BCUT2D eigenvalue weighted by Gasteiger charge is -2.37. The summed E-state index contributed by atoms with van der Waals surface area (Å²) in [7, 11) is 0. The van der Waals surface area contributed by atoms with Crippen LogP contribution >= 0.6 is 0 Å². The van der Waals surface area contributed by atoms with Crippen molar-refractivity contribution in [3.63, 3.8) is 0 Å². The van der Waals surface area contributed by atoms with E-state index in [-0.39, 0.29) is 18.6 Å². The van der Waals surface area contributed by atoms with Gasteiger partial charge in [0.1, 0.15) is 6.61 Å². The third kappa shape index (κ3) is 5.50. The van der Waals surface area contributed by atoms with Crippen LogP contribution in [0.3, 0.4) is 0 Å². The second-order valence-electron chi connectivity index (χ2n) is 9.01. The first kappa shape index (κ1) is 21.6. The molecule has 29 heavy (non-hydrogen) atoms. The smallest absolute Gasteiger partial charge is 0.250 e. The standard InChI is InChI=1S/C23H35N3O3/c1-15(2)18-8-6-16(3)12-21(18)29-14-22(27)25-19-13-17(23(24)28)7-9-20(19)26-10-4-5-11-26/h7,9,13,15-16,18,21H,4-6,8,10-12,14H2,1-3H3,(H2,24,28)(H,25,27). The molecule has 1 aromatic rings. The Morgan fingerprint density at radius 3 is 2.62 bits per heavy atom. The van der Waals surface area contributed by atoms with Gasteiger partial charge in [0.25, 0.3) is 0 Å². The molecule has 0 aromatic heterocycles. The van der Waals surface area contributed by atoms with E-state index in [9.17, 15) is 9.59 Å². The van der Waals surface area contributed by atoms with Crippen LogP contribution in [0.4, 0.5) is 11.4 Å². The number of ether oxygens (including phenoxy) is 1. The first-order valence-electron chi connectivity index (χ1n) is 11.0. The molecule has 2 fully saturated rings. The fraction of sp³-hybridized carbons (Fsp3) is 0.652. The summed E-state index contributed by atoms with van der Waals surface area (Å²) < 4.78 is 6.09. The van der Waals surface area contributed by atoms with E-state index in [0.717, 1.165) is 44.5 Å². The zero-order chi connectivity index (χ0) is 21.0. The van der Waals surface area contributed by atoms with Crippen molar-refractivity contribution in [2.45, 2.75) is 59.0 Å². The van der Waals surface area contributed by atoms with E-state index in [1.807, 2.05) is 6.07 Å². The summed E-state index contributed by atoms with van der Waals surface area (Å²) in [6.07, 6.45) is 5.78. The first-order valence-corrected chi connectivity index (χ1v) is 11.0. The molecule has 0 spiro atoms. The third-order valence-corrected chi connectivity index (χ3v) is 6.39. The summed E-state index contributed by atoms with van der Waals surface area (Å²) in [6.45, 7) is 8.64. The van der Waals surface area contributed by atoms with Crippen LogP contribution in [-0.2, 0) is 9.53 Å². The van der Waals surface area contributed by atoms with E-state index in [1.165, 1.54) is 6.42 Å². The van der Waals surface area contributed by atoms with Crippen LogP contribution in [0.1, 0.15) is 63.2 Å². The van der Waals surface area contributed by atoms with Crippen LogP contribution in [0.15, 0.2) is 18.2 Å². The molecular formula is C23H35N3O3. The maximum atomic E-state index is 12.7. The Morgan fingerprint density at radius 2 is 1.97 bits per heavy atom.